The van der Waals surface area contributed by atoms with Gasteiger partial charge < -0.3 is 4.74 Å². The lowest BCUT2D eigenvalue weighted by molar-refractivity contribution is 0.0766. The maximum Gasteiger partial charge on any atom is 0.199 e. The number of hydrogen-bond donors (Lipinski definition) is 0. The van der Waals surface area contributed by atoms with Gasteiger partial charge in [-0.15, -0.1) is 0 Å². The molecule has 1 aliphatic rings. The van der Waals surface area contributed by atoms with Crippen molar-refractivity contribution in [3.63, 3.8) is 0 Å². The summed E-state index contributed by atoms with van der Waals surface area (Å²) in [4.78, 5) is 26.3. The van der Waals surface area contributed by atoms with Gasteiger partial charge in [0.25, 0.3) is 0 Å². The third kappa shape index (κ3) is 3.08. The van der Waals surface area contributed by atoms with Gasteiger partial charge in [0.15, 0.2) is 5.78 Å². The highest BCUT2D eigenvalue weighted by molar-refractivity contribution is 6.33. The van der Waals surface area contributed by atoms with Crippen LogP contribution in [0.3, 0.4) is 0 Å². The smallest absolute Gasteiger partial charge is 0.199 e. The third-order valence-electron chi connectivity index (χ3n) is 3.76. The van der Waals surface area contributed by atoms with Gasteiger partial charge in [0, 0.05) is 18.4 Å². The lowest BCUT2D eigenvalue weighted by Crippen LogP contribution is -2.48. The molecule has 1 aliphatic heterocycles. The molecule has 0 saturated carbocycles. The first kappa shape index (κ1) is 14.9. The molecule has 1 atom stereocenters. The Morgan fingerprint density at radius 3 is 2.82 bits per heavy atom. The third-order valence-corrected chi connectivity index (χ3v) is 4.06. The van der Waals surface area contributed by atoms with Crippen molar-refractivity contribution in [2.24, 2.45) is 0 Å². The van der Waals surface area contributed by atoms with Gasteiger partial charge >= 0.3 is 0 Å². The highest BCUT2D eigenvalue weighted by Crippen LogP contribution is 2.23. The first-order valence-corrected chi connectivity index (χ1v) is 7.31. The Kier molecular flexibility index (Phi) is 4.31. The summed E-state index contributed by atoms with van der Waals surface area (Å²) in [5, 5.41) is 0.141. The second-order valence-electron chi connectivity index (χ2n) is 5.20. The molecule has 0 unspecified atom stereocenters. The second kappa shape index (κ2) is 6.37. The molecule has 1 saturated heterocycles. The number of likely N-dealkylation sites (N-methyl/N-ethyl adjacent to an activating group) is 1. The van der Waals surface area contributed by atoms with E-state index in [2.05, 4.69) is 26.9 Å². The molecular weight excluding hydrogens is 304 g/mol. The standard InChI is InChI=1S/C15H15ClN4O2/c1-20-3-2-11(20)8-22-12-4-13(15(16)19-7-12)14(21)10-5-17-9-18-6-10/h4-7,9,11H,2-3,8H2,1H3/t11-/m0/s1. The Morgan fingerprint density at radius 2 is 2.18 bits per heavy atom. The molecule has 0 aromatic carbocycles. The summed E-state index contributed by atoms with van der Waals surface area (Å²) >= 11 is 6.03. The topological polar surface area (TPSA) is 68.2 Å². The maximum atomic E-state index is 12.4. The van der Waals surface area contributed by atoms with Crippen molar-refractivity contribution in [3.8, 4) is 5.75 Å². The quantitative estimate of drug-likeness (QED) is 0.619. The molecule has 3 rings (SSSR count). The molecule has 0 amide bonds. The number of aromatic nitrogens is 3. The minimum Gasteiger partial charge on any atom is -0.490 e. The summed E-state index contributed by atoms with van der Waals surface area (Å²) in [7, 11) is 2.06. The van der Waals surface area contributed by atoms with E-state index in [1.807, 2.05) is 0 Å². The van der Waals surface area contributed by atoms with Crippen molar-refractivity contribution in [1.82, 2.24) is 19.9 Å². The summed E-state index contributed by atoms with van der Waals surface area (Å²) in [6, 6.07) is 2.03. The zero-order chi connectivity index (χ0) is 15.5. The highest BCUT2D eigenvalue weighted by Gasteiger charge is 2.24. The molecule has 3 heterocycles. The van der Waals surface area contributed by atoms with Crippen molar-refractivity contribution in [2.75, 3.05) is 20.2 Å². The van der Waals surface area contributed by atoms with E-state index in [-0.39, 0.29) is 16.5 Å². The van der Waals surface area contributed by atoms with Gasteiger partial charge in [0.05, 0.1) is 17.3 Å². The average molecular weight is 319 g/mol. The van der Waals surface area contributed by atoms with Gasteiger partial charge in [-0.3, -0.25) is 9.69 Å². The number of ether oxygens (including phenoxy) is 1. The van der Waals surface area contributed by atoms with Crippen LogP contribution in [-0.2, 0) is 0 Å². The Bertz CT molecular complexity index is 680. The predicted octanol–water partition coefficient (Wildman–Crippen LogP) is 1.84. The van der Waals surface area contributed by atoms with Crippen LogP contribution in [0, 0.1) is 0 Å². The Balaban J connectivity index is 1.76. The fraction of sp³-hybridized carbons (Fsp3) is 0.333. The van der Waals surface area contributed by atoms with Crippen LogP contribution in [0.5, 0.6) is 5.75 Å². The predicted molar refractivity (Wildman–Crippen MR) is 81.2 cm³/mol. The number of ketones is 1. The highest BCUT2D eigenvalue weighted by atomic mass is 35.5. The molecular formula is C15H15ClN4O2. The van der Waals surface area contributed by atoms with Gasteiger partial charge in [0.2, 0.25) is 0 Å². The van der Waals surface area contributed by atoms with Crippen molar-refractivity contribution in [3.05, 3.63) is 47.3 Å². The summed E-state index contributed by atoms with van der Waals surface area (Å²) in [6.45, 7) is 1.66. The first-order valence-electron chi connectivity index (χ1n) is 6.93. The van der Waals surface area contributed by atoms with E-state index in [0.717, 1.165) is 13.0 Å². The minimum atomic E-state index is -0.274. The monoisotopic (exact) mass is 318 g/mol. The fourth-order valence-corrected chi connectivity index (χ4v) is 2.40. The van der Waals surface area contributed by atoms with Crippen LogP contribution in [0.25, 0.3) is 0 Å². The number of rotatable bonds is 5. The molecule has 1 fully saturated rings. The van der Waals surface area contributed by atoms with Crippen LogP contribution < -0.4 is 4.74 Å². The molecule has 2 aromatic heterocycles. The summed E-state index contributed by atoms with van der Waals surface area (Å²) in [5.74, 6) is 0.259. The van der Waals surface area contributed by atoms with E-state index in [1.165, 1.54) is 24.9 Å². The Hall–Kier alpha value is -2.05. The molecule has 22 heavy (non-hydrogen) atoms. The molecule has 2 aromatic rings. The van der Waals surface area contributed by atoms with E-state index in [1.54, 1.807) is 6.07 Å². The van der Waals surface area contributed by atoms with Crippen LogP contribution in [0.4, 0.5) is 0 Å². The van der Waals surface area contributed by atoms with E-state index in [0.29, 0.717) is 24.0 Å². The van der Waals surface area contributed by atoms with E-state index < -0.39 is 0 Å². The van der Waals surface area contributed by atoms with Gasteiger partial charge in [-0.25, -0.2) is 15.0 Å². The lowest BCUT2D eigenvalue weighted by atomic mass is 10.1. The van der Waals surface area contributed by atoms with Crippen molar-refractivity contribution < 1.29 is 9.53 Å². The van der Waals surface area contributed by atoms with Crippen LogP contribution in [0.1, 0.15) is 22.3 Å². The van der Waals surface area contributed by atoms with Gasteiger partial charge in [-0.2, -0.15) is 0 Å². The molecule has 0 N–H and O–H groups in total. The van der Waals surface area contributed by atoms with Gasteiger partial charge in [-0.05, 0) is 26.1 Å². The van der Waals surface area contributed by atoms with Crippen LogP contribution in [0.15, 0.2) is 31.0 Å². The summed E-state index contributed by atoms with van der Waals surface area (Å²) in [6.07, 6.45) is 6.90. The molecule has 7 heteroatoms. The molecule has 0 aliphatic carbocycles. The fourth-order valence-electron chi connectivity index (χ4n) is 2.21. The largest absolute Gasteiger partial charge is 0.490 e. The summed E-state index contributed by atoms with van der Waals surface area (Å²) < 4.78 is 5.72. The molecule has 0 spiro atoms. The number of carbonyl (C=O) groups is 1. The number of carbonyl (C=O) groups excluding carboxylic acids is 1. The van der Waals surface area contributed by atoms with E-state index in [4.69, 9.17) is 16.3 Å². The van der Waals surface area contributed by atoms with Crippen LogP contribution in [0.2, 0.25) is 5.15 Å². The van der Waals surface area contributed by atoms with E-state index in [9.17, 15) is 4.79 Å². The lowest BCUT2D eigenvalue weighted by Gasteiger charge is -2.37. The maximum absolute atomic E-state index is 12.4. The van der Waals surface area contributed by atoms with Crippen LogP contribution in [-0.4, -0.2) is 51.9 Å². The number of halogens is 1. The van der Waals surface area contributed by atoms with Gasteiger partial charge in [0.1, 0.15) is 23.8 Å². The zero-order valence-electron chi connectivity index (χ0n) is 12.1. The zero-order valence-corrected chi connectivity index (χ0v) is 12.8. The van der Waals surface area contributed by atoms with Crippen molar-refractivity contribution >= 4 is 17.4 Å². The Labute approximate surface area is 133 Å². The first-order chi connectivity index (χ1) is 10.6. The number of nitrogens with zero attached hydrogens (tertiary/aromatic N) is 4. The number of hydrogen-bond acceptors (Lipinski definition) is 6. The van der Waals surface area contributed by atoms with Crippen molar-refractivity contribution in [2.45, 2.75) is 12.5 Å². The molecule has 0 bridgehead atoms. The number of likely N-dealkylation sites (tertiary alicyclic amines) is 1. The normalized spacial score (nSPS) is 17.8. The SMILES string of the molecule is CN1CC[C@H]1COc1cnc(Cl)c(C(=O)c2cncnc2)c1. The van der Waals surface area contributed by atoms with Crippen molar-refractivity contribution in [1.29, 1.82) is 0 Å². The molecule has 114 valence electrons. The molecule has 6 nitrogen and oxygen atoms in total. The Morgan fingerprint density at radius 1 is 1.41 bits per heavy atom. The van der Waals surface area contributed by atoms with Crippen LogP contribution >= 0.6 is 11.6 Å². The second-order valence-corrected chi connectivity index (χ2v) is 5.56. The minimum absolute atomic E-state index is 0.141. The summed E-state index contributed by atoms with van der Waals surface area (Å²) in [5.41, 5.74) is 0.651. The average Bonchev–Trinajstić information content (AvgIpc) is 2.55. The number of pyridine rings is 1. The van der Waals surface area contributed by atoms with Gasteiger partial charge in [-0.1, -0.05) is 11.6 Å². The molecule has 0 radical (unpaired) electrons. The van der Waals surface area contributed by atoms with E-state index >= 15 is 0 Å².